The topological polar surface area (TPSA) is 74.7 Å². The van der Waals surface area contributed by atoms with Crippen molar-refractivity contribution in [3.8, 4) is 0 Å². The predicted molar refractivity (Wildman–Crippen MR) is 66.0 cm³/mol. The van der Waals surface area contributed by atoms with Crippen LogP contribution in [-0.4, -0.2) is 36.9 Å². The minimum Gasteiger partial charge on any atom is -0.478 e. The third-order valence-electron chi connectivity index (χ3n) is 3.11. The van der Waals surface area contributed by atoms with Crippen LogP contribution in [0.5, 0.6) is 0 Å². The van der Waals surface area contributed by atoms with Gasteiger partial charge in [0, 0.05) is 13.1 Å². The molecule has 0 radical (unpaired) electrons. The number of carboxylic acids is 1. The lowest BCUT2D eigenvalue weighted by Gasteiger charge is -2.26. The van der Waals surface area contributed by atoms with Crippen molar-refractivity contribution in [2.24, 2.45) is 0 Å². The highest BCUT2D eigenvalue weighted by Crippen LogP contribution is 2.23. The van der Waals surface area contributed by atoms with E-state index in [1.165, 1.54) is 4.31 Å². The van der Waals surface area contributed by atoms with Crippen molar-refractivity contribution in [2.45, 2.75) is 24.2 Å². The van der Waals surface area contributed by atoms with Gasteiger partial charge in [-0.05, 0) is 31.0 Å². The summed E-state index contributed by atoms with van der Waals surface area (Å²) in [5.41, 5.74) is -0.239. The van der Waals surface area contributed by atoms with Crippen LogP contribution in [0.25, 0.3) is 0 Å². The van der Waals surface area contributed by atoms with Gasteiger partial charge in [-0.2, -0.15) is 4.31 Å². The summed E-state index contributed by atoms with van der Waals surface area (Å²) in [6.45, 7) is 0.693. The van der Waals surface area contributed by atoms with Crippen LogP contribution in [0.4, 0.5) is 4.39 Å². The van der Waals surface area contributed by atoms with Crippen LogP contribution >= 0.6 is 0 Å². The number of hydrogen-bond donors (Lipinski definition) is 1. The van der Waals surface area contributed by atoms with E-state index < -0.39 is 26.7 Å². The molecule has 1 fully saturated rings. The second-order valence-corrected chi connectivity index (χ2v) is 6.32. The molecule has 1 heterocycles. The first-order chi connectivity index (χ1) is 8.93. The molecule has 19 heavy (non-hydrogen) atoms. The number of carbonyl (C=O) groups is 1. The van der Waals surface area contributed by atoms with Crippen LogP contribution in [0.15, 0.2) is 23.1 Å². The largest absolute Gasteiger partial charge is 0.478 e. The van der Waals surface area contributed by atoms with Gasteiger partial charge in [0.05, 0.1) is 5.56 Å². The maximum atomic E-state index is 13.7. The highest BCUT2D eigenvalue weighted by atomic mass is 32.2. The van der Waals surface area contributed by atoms with Gasteiger partial charge in [-0.25, -0.2) is 17.6 Å². The molecule has 1 aromatic carbocycles. The Balaban J connectivity index is 2.44. The lowest BCUT2D eigenvalue weighted by atomic mass is 10.2. The molecule has 0 aliphatic carbocycles. The quantitative estimate of drug-likeness (QED) is 0.918. The maximum Gasteiger partial charge on any atom is 0.335 e. The van der Waals surface area contributed by atoms with Gasteiger partial charge in [-0.3, -0.25) is 0 Å². The van der Waals surface area contributed by atoms with Crippen LogP contribution in [0.3, 0.4) is 0 Å². The minimum absolute atomic E-state index is 0.239. The average molecular weight is 287 g/mol. The van der Waals surface area contributed by atoms with Crippen molar-refractivity contribution in [2.75, 3.05) is 13.1 Å². The van der Waals surface area contributed by atoms with Crippen LogP contribution in [0.1, 0.15) is 29.6 Å². The first-order valence-electron chi connectivity index (χ1n) is 5.96. The summed E-state index contributed by atoms with van der Waals surface area (Å²) in [4.78, 5) is 10.3. The fraction of sp³-hybridized carbons (Fsp3) is 0.417. The number of nitrogens with zero attached hydrogens (tertiary/aromatic N) is 1. The van der Waals surface area contributed by atoms with Gasteiger partial charge in [-0.15, -0.1) is 0 Å². The van der Waals surface area contributed by atoms with Gasteiger partial charge in [0.2, 0.25) is 10.0 Å². The van der Waals surface area contributed by atoms with Crippen molar-refractivity contribution in [3.63, 3.8) is 0 Å². The molecular formula is C12H14FNO4S. The van der Waals surface area contributed by atoms with E-state index in [0.29, 0.717) is 13.1 Å². The first-order valence-corrected chi connectivity index (χ1v) is 7.40. The smallest absolute Gasteiger partial charge is 0.335 e. The minimum atomic E-state index is -3.95. The van der Waals surface area contributed by atoms with Crippen LogP contribution in [0.2, 0.25) is 0 Å². The van der Waals surface area contributed by atoms with Gasteiger partial charge in [-0.1, -0.05) is 6.42 Å². The summed E-state index contributed by atoms with van der Waals surface area (Å²) in [7, 11) is -3.95. The van der Waals surface area contributed by atoms with Gasteiger partial charge in [0.1, 0.15) is 10.7 Å². The van der Waals surface area contributed by atoms with E-state index in [9.17, 15) is 17.6 Å². The summed E-state index contributed by atoms with van der Waals surface area (Å²) < 4.78 is 39.4. The van der Waals surface area contributed by atoms with Crippen molar-refractivity contribution in [1.29, 1.82) is 0 Å². The second kappa shape index (κ2) is 5.26. The molecule has 5 nitrogen and oxygen atoms in total. The highest BCUT2D eigenvalue weighted by Gasteiger charge is 2.29. The molecule has 0 unspecified atom stereocenters. The van der Waals surface area contributed by atoms with Gasteiger partial charge >= 0.3 is 5.97 Å². The van der Waals surface area contributed by atoms with Crippen LogP contribution in [-0.2, 0) is 10.0 Å². The fourth-order valence-electron chi connectivity index (χ4n) is 2.08. The van der Waals surface area contributed by atoms with Crippen molar-refractivity contribution in [3.05, 3.63) is 29.6 Å². The number of hydrogen-bond acceptors (Lipinski definition) is 3. The number of sulfonamides is 1. The Kier molecular flexibility index (Phi) is 3.86. The Hall–Kier alpha value is -1.47. The van der Waals surface area contributed by atoms with Gasteiger partial charge < -0.3 is 5.11 Å². The summed E-state index contributed by atoms with van der Waals surface area (Å²) in [6.07, 6.45) is 2.42. The Morgan fingerprint density at radius 1 is 1.21 bits per heavy atom. The van der Waals surface area contributed by atoms with Gasteiger partial charge in [0.25, 0.3) is 0 Å². The summed E-state index contributed by atoms with van der Waals surface area (Å²) in [5.74, 6) is -2.20. The lowest BCUT2D eigenvalue weighted by molar-refractivity contribution is 0.0696. The molecule has 0 spiro atoms. The zero-order valence-electron chi connectivity index (χ0n) is 10.2. The third kappa shape index (κ3) is 2.76. The molecule has 2 rings (SSSR count). The van der Waals surface area contributed by atoms with E-state index in [1.54, 1.807) is 0 Å². The Bertz CT molecular complexity index is 594. The molecule has 1 aliphatic heterocycles. The molecule has 0 saturated carbocycles. The molecule has 1 N–H and O–H groups in total. The number of carboxylic acid groups (broad SMARTS) is 1. The second-order valence-electron chi connectivity index (χ2n) is 4.42. The fourth-order valence-corrected chi connectivity index (χ4v) is 3.69. The summed E-state index contributed by atoms with van der Waals surface area (Å²) >= 11 is 0. The van der Waals surface area contributed by atoms with E-state index in [4.69, 9.17) is 5.11 Å². The van der Waals surface area contributed by atoms with E-state index in [-0.39, 0.29) is 5.56 Å². The Morgan fingerprint density at radius 2 is 1.84 bits per heavy atom. The molecule has 104 valence electrons. The molecule has 0 atom stereocenters. The third-order valence-corrected chi connectivity index (χ3v) is 5.02. The lowest BCUT2D eigenvalue weighted by Crippen LogP contribution is -2.36. The van der Waals surface area contributed by atoms with Crippen molar-refractivity contribution >= 4 is 16.0 Å². The first kappa shape index (κ1) is 14.0. The molecule has 7 heteroatoms. The molecular weight excluding hydrogens is 273 g/mol. The van der Waals surface area contributed by atoms with Crippen molar-refractivity contribution in [1.82, 2.24) is 4.31 Å². The van der Waals surface area contributed by atoms with Crippen molar-refractivity contribution < 1.29 is 22.7 Å². The summed E-state index contributed by atoms with van der Waals surface area (Å²) in [6, 6.07) is 2.80. The van der Waals surface area contributed by atoms with Crippen LogP contribution < -0.4 is 0 Å². The molecule has 1 saturated heterocycles. The molecule has 1 aromatic rings. The Morgan fingerprint density at radius 3 is 2.42 bits per heavy atom. The number of piperidine rings is 1. The van der Waals surface area contributed by atoms with E-state index >= 15 is 0 Å². The average Bonchev–Trinajstić information content (AvgIpc) is 2.39. The zero-order valence-corrected chi connectivity index (χ0v) is 11.0. The monoisotopic (exact) mass is 287 g/mol. The van der Waals surface area contributed by atoms with E-state index in [1.807, 2.05) is 0 Å². The number of benzene rings is 1. The highest BCUT2D eigenvalue weighted by molar-refractivity contribution is 7.89. The molecule has 0 aromatic heterocycles. The number of rotatable bonds is 3. The van der Waals surface area contributed by atoms with Crippen LogP contribution in [0, 0.1) is 5.82 Å². The van der Waals surface area contributed by atoms with E-state index in [0.717, 1.165) is 37.5 Å². The number of halogens is 1. The van der Waals surface area contributed by atoms with E-state index in [2.05, 4.69) is 0 Å². The predicted octanol–water partition coefficient (Wildman–Crippen LogP) is 1.70. The maximum absolute atomic E-state index is 13.7. The zero-order chi connectivity index (χ0) is 14.0. The number of aromatic carboxylic acids is 1. The SMILES string of the molecule is O=C(O)c1ccc(F)c(S(=O)(=O)N2CCCCC2)c1. The normalized spacial score (nSPS) is 17.3. The standard InChI is InChI=1S/C12H14FNO4S/c13-10-5-4-9(12(15)16)8-11(10)19(17,18)14-6-2-1-3-7-14/h4-5,8H,1-3,6-7H2,(H,15,16). The molecule has 0 bridgehead atoms. The molecule has 1 aliphatic rings. The van der Waals surface area contributed by atoms with Gasteiger partial charge in [0.15, 0.2) is 0 Å². The molecule has 0 amide bonds. The summed E-state index contributed by atoms with van der Waals surface area (Å²) in [5, 5.41) is 8.85. The Labute approximate surface area is 110 Å².